The Balaban J connectivity index is 1.99. The first-order valence-electron chi connectivity index (χ1n) is 9.64. The van der Waals surface area contributed by atoms with Gasteiger partial charge in [0, 0.05) is 32.7 Å². The van der Waals surface area contributed by atoms with Crippen LogP contribution in [0.2, 0.25) is 0 Å². The molecular formula is C20H28N4O3. The zero-order valence-corrected chi connectivity index (χ0v) is 16.3. The molecule has 3 rings (SSSR count). The van der Waals surface area contributed by atoms with Crippen LogP contribution in [-0.4, -0.2) is 62.4 Å². The Labute approximate surface area is 160 Å². The molecule has 7 heteroatoms. The van der Waals surface area contributed by atoms with E-state index in [1.807, 2.05) is 13.0 Å². The smallest absolute Gasteiger partial charge is 0.253 e. The lowest BCUT2D eigenvalue weighted by atomic mass is 9.95. The van der Waals surface area contributed by atoms with Crippen LogP contribution in [0.5, 0.6) is 0 Å². The Bertz CT molecular complexity index is 747. The first-order valence-corrected chi connectivity index (χ1v) is 9.64. The topological polar surface area (TPSA) is 73.0 Å². The maximum Gasteiger partial charge on any atom is 0.253 e. The average Bonchev–Trinajstić information content (AvgIpc) is 2.68. The van der Waals surface area contributed by atoms with E-state index < -0.39 is 0 Å². The summed E-state index contributed by atoms with van der Waals surface area (Å²) < 4.78 is 0. The third-order valence-electron chi connectivity index (χ3n) is 5.16. The summed E-state index contributed by atoms with van der Waals surface area (Å²) in [6, 6.07) is 5.24. The van der Waals surface area contributed by atoms with Gasteiger partial charge in [-0.3, -0.25) is 19.3 Å². The minimum atomic E-state index is -0.222. The van der Waals surface area contributed by atoms with Gasteiger partial charge in [0.05, 0.1) is 11.4 Å². The van der Waals surface area contributed by atoms with E-state index in [9.17, 15) is 14.4 Å². The van der Waals surface area contributed by atoms with Crippen molar-refractivity contribution in [2.75, 3.05) is 43.5 Å². The van der Waals surface area contributed by atoms with E-state index in [0.717, 1.165) is 37.9 Å². The van der Waals surface area contributed by atoms with Crippen LogP contribution < -0.4 is 15.1 Å². The highest BCUT2D eigenvalue weighted by Crippen LogP contribution is 2.40. The maximum absolute atomic E-state index is 13.2. The molecular weight excluding hydrogens is 344 g/mol. The van der Waals surface area contributed by atoms with Crippen molar-refractivity contribution in [1.82, 2.24) is 10.2 Å². The standard InChI is InChI=1S/C20H28N4O3/c1-4-10-21-18(25)13-24-17-12-14(19(26)22(2)3)8-9-15(17)23-11-6-5-7-16(23)20(24)27/h8-9,12,16H,4-7,10-11,13H2,1-3H3,(H,21,25)/t16-/m0/s1. The number of hydrogen-bond donors (Lipinski definition) is 1. The molecule has 1 aromatic rings. The lowest BCUT2D eigenvalue weighted by Crippen LogP contribution is -2.57. The van der Waals surface area contributed by atoms with Gasteiger partial charge in [-0.1, -0.05) is 6.92 Å². The van der Waals surface area contributed by atoms with Crippen LogP contribution in [0.15, 0.2) is 18.2 Å². The highest BCUT2D eigenvalue weighted by molar-refractivity contribution is 6.09. The number of carbonyl (C=O) groups excluding carboxylic acids is 3. The van der Waals surface area contributed by atoms with Gasteiger partial charge in [-0.05, 0) is 43.9 Å². The van der Waals surface area contributed by atoms with Crippen LogP contribution in [0.1, 0.15) is 43.0 Å². The van der Waals surface area contributed by atoms with E-state index >= 15 is 0 Å². The molecule has 0 aliphatic carbocycles. The van der Waals surface area contributed by atoms with Gasteiger partial charge in [-0.25, -0.2) is 0 Å². The van der Waals surface area contributed by atoms with Crippen molar-refractivity contribution in [1.29, 1.82) is 0 Å². The second-order valence-electron chi connectivity index (χ2n) is 7.38. The number of rotatable bonds is 5. The molecule has 7 nitrogen and oxygen atoms in total. The van der Waals surface area contributed by atoms with Gasteiger partial charge in [0.2, 0.25) is 11.8 Å². The monoisotopic (exact) mass is 372 g/mol. The fraction of sp³-hybridized carbons (Fsp3) is 0.550. The molecule has 0 saturated carbocycles. The molecule has 0 unspecified atom stereocenters. The molecule has 0 aromatic heterocycles. The molecule has 1 atom stereocenters. The number of anilines is 2. The fourth-order valence-corrected chi connectivity index (χ4v) is 3.78. The normalized spacial score (nSPS) is 18.6. The Morgan fingerprint density at radius 1 is 1.22 bits per heavy atom. The third kappa shape index (κ3) is 3.77. The predicted octanol–water partition coefficient (Wildman–Crippen LogP) is 1.62. The Hall–Kier alpha value is -2.57. The molecule has 1 N–H and O–H groups in total. The largest absolute Gasteiger partial charge is 0.358 e. The van der Waals surface area contributed by atoms with Crippen LogP contribution in [0.4, 0.5) is 11.4 Å². The summed E-state index contributed by atoms with van der Waals surface area (Å²) >= 11 is 0. The van der Waals surface area contributed by atoms with Crippen molar-refractivity contribution in [2.24, 2.45) is 0 Å². The number of nitrogens with one attached hydrogen (secondary N) is 1. The summed E-state index contributed by atoms with van der Waals surface area (Å²) in [5.74, 6) is -0.352. The van der Waals surface area contributed by atoms with E-state index in [4.69, 9.17) is 0 Å². The Morgan fingerprint density at radius 2 is 2.00 bits per heavy atom. The molecule has 1 aromatic carbocycles. The van der Waals surface area contributed by atoms with Gasteiger partial charge in [0.15, 0.2) is 0 Å². The molecule has 0 bridgehead atoms. The predicted molar refractivity (Wildman–Crippen MR) is 105 cm³/mol. The second-order valence-corrected chi connectivity index (χ2v) is 7.38. The molecule has 0 spiro atoms. The Morgan fingerprint density at radius 3 is 2.70 bits per heavy atom. The summed E-state index contributed by atoms with van der Waals surface area (Å²) in [5.41, 5.74) is 2.09. The van der Waals surface area contributed by atoms with Crippen molar-refractivity contribution in [3.63, 3.8) is 0 Å². The van der Waals surface area contributed by atoms with Crippen molar-refractivity contribution >= 4 is 29.1 Å². The van der Waals surface area contributed by atoms with Gasteiger partial charge in [-0.2, -0.15) is 0 Å². The lowest BCUT2D eigenvalue weighted by Gasteiger charge is -2.45. The van der Waals surface area contributed by atoms with Gasteiger partial charge in [0.1, 0.15) is 12.6 Å². The molecule has 2 aliphatic rings. The maximum atomic E-state index is 13.2. The minimum Gasteiger partial charge on any atom is -0.358 e. The van der Waals surface area contributed by atoms with Crippen LogP contribution >= 0.6 is 0 Å². The first-order chi connectivity index (χ1) is 12.9. The quantitative estimate of drug-likeness (QED) is 0.852. The van der Waals surface area contributed by atoms with E-state index in [-0.39, 0.29) is 30.3 Å². The fourth-order valence-electron chi connectivity index (χ4n) is 3.78. The van der Waals surface area contributed by atoms with Gasteiger partial charge >= 0.3 is 0 Å². The molecule has 1 saturated heterocycles. The summed E-state index contributed by atoms with van der Waals surface area (Å²) in [7, 11) is 3.40. The number of benzene rings is 1. The van der Waals surface area contributed by atoms with Gasteiger partial charge in [-0.15, -0.1) is 0 Å². The van der Waals surface area contributed by atoms with Crippen LogP contribution in [0, 0.1) is 0 Å². The van der Waals surface area contributed by atoms with E-state index in [1.54, 1.807) is 31.1 Å². The first kappa shape index (κ1) is 19.2. The number of nitrogens with zero attached hydrogens (tertiary/aromatic N) is 3. The summed E-state index contributed by atoms with van der Waals surface area (Å²) in [4.78, 5) is 43.1. The molecule has 0 radical (unpaired) electrons. The second kappa shape index (κ2) is 7.98. The van der Waals surface area contributed by atoms with Crippen molar-refractivity contribution in [3.05, 3.63) is 23.8 Å². The van der Waals surface area contributed by atoms with Crippen LogP contribution in [0.3, 0.4) is 0 Å². The zero-order valence-electron chi connectivity index (χ0n) is 16.3. The summed E-state index contributed by atoms with van der Waals surface area (Å²) in [5, 5.41) is 2.84. The summed E-state index contributed by atoms with van der Waals surface area (Å²) in [6.45, 7) is 3.37. The molecule has 2 heterocycles. The molecule has 2 aliphatic heterocycles. The molecule has 3 amide bonds. The van der Waals surface area contributed by atoms with E-state index in [2.05, 4.69) is 10.2 Å². The third-order valence-corrected chi connectivity index (χ3v) is 5.16. The number of carbonyl (C=O) groups is 3. The summed E-state index contributed by atoms with van der Waals surface area (Å²) in [6.07, 6.45) is 3.69. The SMILES string of the molecule is CCCNC(=O)CN1C(=O)[C@@H]2CCCCN2c2ccc(C(=O)N(C)C)cc21. The number of piperidine rings is 1. The average molecular weight is 372 g/mol. The molecule has 27 heavy (non-hydrogen) atoms. The number of hydrogen-bond acceptors (Lipinski definition) is 4. The highest BCUT2D eigenvalue weighted by Gasteiger charge is 2.40. The van der Waals surface area contributed by atoms with Crippen molar-refractivity contribution < 1.29 is 14.4 Å². The van der Waals surface area contributed by atoms with Crippen molar-refractivity contribution in [2.45, 2.75) is 38.6 Å². The molecule has 146 valence electrons. The lowest BCUT2D eigenvalue weighted by molar-refractivity contribution is -0.125. The van der Waals surface area contributed by atoms with Crippen LogP contribution in [-0.2, 0) is 9.59 Å². The number of fused-ring (bicyclic) bond motifs is 3. The zero-order chi connectivity index (χ0) is 19.6. The highest BCUT2D eigenvalue weighted by atomic mass is 16.2. The van der Waals surface area contributed by atoms with Crippen molar-refractivity contribution in [3.8, 4) is 0 Å². The van der Waals surface area contributed by atoms with Crippen LogP contribution in [0.25, 0.3) is 0 Å². The van der Waals surface area contributed by atoms with E-state index in [1.165, 1.54) is 4.90 Å². The van der Waals surface area contributed by atoms with E-state index in [0.29, 0.717) is 17.8 Å². The number of amides is 3. The van der Waals surface area contributed by atoms with Gasteiger partial charge < -0.3 is 15.1 Å². The Kier molecular flexibility index (Phi) is 5.68. The minimum absolute atomic E-state index is 0.0181. The molecule has 1 fully saturated rings. The van der Waals surface area contributed by atoms with Gasteiger partial charge in [0.25, 0.3) is 5.91 Å².